The maximum Gasteiger partial charge on any atom is 0.407 e. The van der Waals surface area contributed by atoms with Gasteiger partial charge in [-0.2, -0.15) is 0 Å². The number of alkyl carbamates (subject to hydrolysis) is 1. The summed E-state index contributed by atoms with van der Waals surface area (Å²) in [5.74, 6) is 1.22. The molecule has 6 nitrogen and oxygen atoms in total. The fourth-order valence-corrected chi connectivity index (χ4v) is 3.30. The number of benzene rings is 1. The Kier molecular flexibility index (Phi) is 10.3. The third-order valence-electron chi connectivity index (χ3n) is 4.21. The summed E-state index contributed by atoms with van der Waals surface area (Å²) in [5, 5.41) is 9.63. The van der Waals surface area contributed by atoms with Crippen LogP contribution in [0.15, 0.2) is 33.7 Å². The molecule has 0 saturated heterocycles. The first-order chi connectivity index (χ1) is 12.0. The largest absolute Gasteiger partial charge is 0.450 e. The third-order valence-corrected chi connectivity index (χ3v) is 4.93. The number of carbonyl (C=O) groups excluding carboxylic acids is 1. The van der Waals surface area contributed by atoms with Gasteiger partial charge in [0.1, 0.15) is 0 Å². The lowest BCUT2D eigenvalue weighted by Crippen LogP contribution is -2.48. The van der Waals surface area contributed by atoms with E-state index >= 15 is 0 Å². The summed E-state index contributed by atoms with van der Waals surface area (Å²) in [4.78, 5) is 16.0. The van der Waals surface area contributed by atoms with Gasteiger partial charge in [0.15, 0.2) is 5.96 Å². The summed E-state index contributed by atoms with van der Waals surface area (Å²) in [6.07, 6.45) is 1.92. The molecule has 2 atom stereocenters. The maximum absolute atomic E-state index is 11.7. The molecular formula is C18H28BrIN4O2. The van der Waals surface area contributed by atoms with Crippen LogP contribution in [0.25, 0.3) is 0 Å². The van der Waals surface area contributed by atoms with Gasteiger partial charge in [0.25, 0.3) is 0 Å². The molecule has 1 aliphatic carbocycles. The quantitative estimate of drug-likeness (QED) is 0.280. The highest BCUT2D eigenvalue weighted by atomic mass is 127. The molecule has 0 aromatic heterocycles. The Bertz CT molecular complexity index is 611. The number of guanidine groups is 1. The molecule has 0 aliphatic heterocycles. The summed E-state index contributed by atoms with van der Waals surface area (Å²) in [7, 11) is 1.74. The zero-order chi connectivity index (χ0) is 18.2. The Morgan fingerprint density at radius 2 is 2.04 bits per heavy atom. The molecule has 1 aliphatic rings. The van der Waals surface area contributed by atoms with E-state index in [1.165, 1.54) is 0 Å². The molecule has 0 radical (unpaired) electrons. The van der Waals surface area contributed by atoms with E-state index in [0.717, 1.165) is 22.9 Å². The van der Waals surface area contributed by atoms with E-state index in [4.69, 9.17) is 4.74 Å². The molecule has 1 aromatic carbocycles. The van der Waals surface area contributed by atoms with Gasteiger partial charge >= 0.3 is 6.09 Å². The van der Waals surface area contributed by atoms with E-state index in [9.17, 15) is 4.79 Å². The van der Waals surface area contributed by atoms with Crippen LogP contribution in [-0.2, 0) is 4.74 Å². The zero-order valence-electron chi connectivity index (χ0n) is 15.4. The standard InChI is InChI=1S/C18H27BrN4O2.HI/c1-4-25-18(24)23-16(13-9-10-13)11-21-17(20-3)22-12(2)14-7-5-6-8-15(14)19;/h5-8,12-13,16H,4,9-11H2,1-3H3,(H,23,24)(H2,20,21,22);1H. The fourth-order valence-electron chi connectivity index (χ4n) is 2.67. The van der Waals surface area contributed by atoms with Crippen LogP contribution in [0.1, 0.15) is 38.3 Å². The Hall–Kier alpha value is -1.03. The normalized spacial score (nSPS) is 16.1. The summed E-state index contributed by atoms with van der Waals surface area (Å²) < 4.78 is 6.05. The molecule has 8 heteroatoms. The molecule has 146 valence electrons. The van der Waals surface area contributed by atoms with E-state index in [1.807, 2.05) is 18.2 Å². The third kappa shape index (κ3) is 7.30. The number of carbonyl (C=O) groups is 1. The summed E-state index contributed by atoms with van der Waals surface area (Å²) >= 11 is 3.58. The van der Waals surface area contributed by atoms with Crippen LogP contribution >= 0.6 is 39.9 Å². The van der Waals surface area contributed by atoms with Gasteiger partial charge in [0.2, 0.25) is 0 Å². The van der Waals surface area contributed by atoms with Crippen molar-refractivity contribution in [2.45, 2.75) is 38.8 Å². The number of nitrogens with one attached hydrogen (secondary N) is 3. The monoisotopic (exact) mass is 538 g/mol. The minimum Gasteiger partial charge on any atom is -0.450 e. The Morgan fingerprint density at radius 1 is 1.35 bits per heavy atom. The number of rotatable bonds is 7. The van der Waals surface area contributed by atoms with Crippen molar-refractivity contribution in [2.24, 2.45) is 10.9 Å². The molecule has 1 saturated carbocycles. The molecule has 26 heavy (non-hydrogen) atoms. The molecule has 1 amide bonds. The molecule has 3 N–H and O–H groups in total. The molecule has 1 fully saturated rings. The molecule has 0 bridgehead atoms. The van der Waals surface area contributed by atoms with Crippen LogP contribution in [-0.4, -0.2) is 38.3 Å². The molecule has 2 unspecified atom stereocenters. The van der Waals surface area contributed by atoms with Crippen molar-refractivity contribution in [2.75, 3.05) is 20.2 Å². The van der Waals surface area contributed by atoms with Gasteiger partial charge in [-0.25, -0.2) is 4.79 Å². The van der Waals surface area contributed by atoms with Crippen molar-refractivity contribution in [1.29, 1.82) is 0 Å². The van der Waals surface area contributed by atoms with Gasteiger partial charge in [-0.05, 0) is 44.2 Å². The number of hydrogen-bond acceptors (Lipinski definition) is 3. The number of aliphatic imine (C=N–C) groups is 1. The summed E-state index contributed by atoms with van der Waals surface area (Å²) in [5.41, 5.74) is 1.16. The van der Waals surface area contributed by atoms with Gasteiger partial charge in [0.05, 0.1) is 18.7 Å². The van der Waals surface area contributed by atoms with Crippen LogP contribution in [0.4, 0.5) is 4.79 Å². The minimum atomic E-state index is -0.356. The van der Waals surface area contributed by atoms with Gasteiger partial charge < -0.3 is 20.7 Å². The average Bonchev–Trinajstić information content (AvgIpc) is 3.42. The van der Waals surface area contributed by atoms with Crippen molar-refractivity contribution in [1.82, 2.24) is 16.0 Å². The van der Waals surface area contributed by atoms with E-state index in [2.05, 4.69) is 49.9 Å². The predicted molar refractivity (Wildman–Crippen MR) is 119 cm³/mol. The molecule has 0 spiro atoms. The Labute approximate surface area is 181 Å². The molecular weight excluding hydrogens is 511 g/mol. The Morgan fingerprint density at radius 3 is 2.62 bits per heavy atom. The fraction of sp³-hybridized carbons (Fsp3) is 0.556. The van der Waals surface area contributed by atoms with E-state index in [0.29, 0.717) is 25.0 Å². The lowest BCUT2D eigenvalue weighted by atomic mass is 10.1. The number of nitrogens with zero attached hydrogens (tertiary/aromatic N) is 1. The maximum atomic E-state index is 11.7. The average molecular weight is 539 g/mol. The van der Waals surface area contributed by atoms with Gasteiger partial charge in [-0.1, -0.05) is 34.1 Å². The van der Waals surface area contributed by atoms with Crippen LogP contribution in [0.2, 0.25) is 0 Å². The van der Waals surface area contributed by atoms with Crippen molar-refractivity contribution >= 4 is 52.0 Å². The highest BCUT2D eigenvalue weighted by Crippen LogP contribution is 2.32. The second-order valence-electron chi connectivity index (χ2n) is 6.15. The van der Waals surface area contributed by atoms with Gasteiger partial charge in [-0.3, -0.25) is 4.99 Å². The van der Waals surface area contributed by atoms with Gasteiger partial charge in [-0.15, -0.1) is 24.0 Å². The number of hydrogen-bond donors (Lipinski definition) is 3. The lowest BCUT2D eigenvalue weighted by molar-refractivity contribution is 0.146. The highest BCUT2D eigenvalue weighted by molar-refractivity contribution is 14.0. The topological polar surface area (TPSA) is 74.8 Å². The van der Waals surface area contributed by atoms with Crippen molar-refractivity contribution in [3.63, 3.8) is 0 Å². The second-order valence-corrected chi connectivity index (χ2v) is 7.00. The first kappa shape index (κ1) is 23.0. The highest BCUT2D eigenvalue weighted by Gasteiger charge is 2.32. The summed E-state index contributed by atoms with van der Waals surface area (Å²) in [6.45, 7) is 4.89. The van der Waals surface area contributed by atoms with Gasteiger partial charge in [0, 0.05) is 18.1 Å². The van der Waals surface area contributed by atoms with Crippen LogP contribution in [0.5, 0.6) is 0 Å². The minimum absolute atomic E-state index is 0. The van der Waals surface area contributed by atoms with Crippen LogP contribution < -0.4 is 16.0 Å². The number of amides is 1. The Balaban J connectivity index is 0.00000338. The van der Waals surface area contributed by atoms with Crippen LogP contribution in [0, 0.1) is 5.92 Å². The van der Waals surface area contributed by atoms with E-state index in [-0.39, 0.29) is 42.2 Å². The van der Waals surface area contributed by atoms with E-state index in [1.54, 1.807) is 14.0 Å². The van der Waals surface area contributed by atoms with Crippen LogP contribution in [0.3, 0.4) is 0 Å². The van der Waals surface area contributed by atoms with E-state index < -0.39 is 0 Å². The smallest absolute Gasteiger partial charge is 0.407 e. The first-order valence-corrected chi connectivity index (χ1v) is 9.49. The van der Waals surface area contributed by atoms with Crippen molar-refractivity contribution < 1.29 is 9.53 Å². The molecule has 0 heterocycles. The SMILES string of the molecule is CCOC(=O)NC(CNC(=NC)NC(C)c1ccccc1Br)C1CC1.I. The first-order valence-electron chi connectivity index (χ1n) is 8.70. The molecule has 2 rings (SSSR count). The summed E-state index contributed by atoms with van der Waals surface area (Å²) in [6, 6.07) is 8.26. The molecule has 1 aromatic rings. The number of ether oxygens (including phenoxy) is 1. The number of halogens is 2. The zero-order valence-corrected chi connectivity index (χ0v) is 19.3. The van der Waals surface area contributed by atoms with Crippen molar-refractivity contribution in [3.8, 4) is 0 Å². The second kappa shape index (κ2) is 11.6. The van der Waals surface area contributed by atoms with Crippen molar-refractivity contribution in [3.05, 3.63) is 34.3 Å². The predicted octanol–water partition coefficient (Wildman–Crippen LogP) is 3.82. The lowest BCUT2D eigenvalue weighted by Gasteiger charge is -2.23.